The minimum Gasteiger partial charge on any atom is -0.378 e. The third-order valence-corrected chi connectivity index (χ3v) is 2.38. The molecule has 88 valence electrons. The Kier molecular flexibility index (Phi) is 8.30. The lowest BCUT2D eigenvalue weighted by Crippen LogP contribution is -2.10. The van der Waals surface area contributed by atoms with Gasteiger partial charge >= 0.3 is 0 Å². The molecule has 0 aromatic rings. The molecule has 0 bridgehead atoms. The van der Waals surface area contributed by atoms with E-state index in [1.54, 1.807) is 0 Å². The molecule has 2 heteroatoms. The predicted molar refractivity (Wildman–Crippen MR) is 63.9 cm³/mol. The summed E-state index contributed by atoms with van der Waals surface area (Å²) < 4.78 is 5.58. The quantitative estimate of drug-likeness (QED) is 0.432. The van der Waals surface area contributed by atoms with Crippen molar-refractivity contribution < 1.29 is 9.53 Å². The zero-order valence-corrected chi connectivity index (χ0v) is 10.3. The molecule has 1 unspecified atom stereocenters. The number of hydrogen-bond donors (Lipinski definition) is 0. The summed E-state index contributed by atoms with van der Waals surface area (Å²) in [5, 5.41) is 0. The molecule has 0 heterocycles. The normalized spacial score (nSPS) is 12.8. The molecule has 0 fully saturated rings. The van der Waals surface area contributed by atoms with E-state index in [1.165, 1.54) is 12.8 Å². The van der Waals surface area contributed by atoms with Gasteiger partial charge in [0.2, 0.25) is 0 Å². The van der Waals surface area contributed by atoms with Gasteiger partial charge in [-0.3, -0.25) is 4.79 Å². The SMILES string of the molecule is C=C(C=O)CCOC(C)CCCC(C)C. The average molecular weight is 212 g/mol. The first kappa shape index (κ1) is 14.4. The van der Waals surface area contributed by atoms with Crippen molar-refractivity contribution in [2.24, 2.45) is 5.92 Å². The molecule has 0 aromatic carbocycles. The fourth-order valence-corrected chi connectivity index (χ4v) is 1.35. The van der Waals surface area contributed by atoms with Crippen LogP contribution in [0.5, 0.6) is 0 Å². The minimum atomic E-state index is 0.295. The van der Waals surface area contributed by atoms with Crippen molar-refractivity contribution in [3.63, 3.8) is 0 Å². The van der Waals surface area contributed by atoms with Gasteiger partial charge in [-0.2, -0.15) is 0 Å². The number of carbonyl (C=O) groups is 1. The highest BCUT2D eigenvalue weighted by Gasteiger charge is 2.03. The number of aldehydes is 1. The highest BCUT2D eigenvalue weighted by molar-refractivity contribution is 5.71. The summed E-state index contributed by atoms with van der Waals surface area (Å²) in [5.41, 5.74) is 0.615. The van der Waals surface area contributed by atoms with Gasteiger partial charge in [-0.05, 0) is 31.3 Å². The maximum absolute atomic E-state index is 10.3. The molecule has 0 N–H and O–H groups in total. The number of rotatable bonds is 9. The lowest BCUT2D eigenvalue weighted by atomic mass is 10.0. The second-order valence-electron chi connectivity index (χ2n) is 4.53. The summed E-state index contributed by atoms with van der Waals surface area (Å²) in [6.45, 7) is 10.8. The molecule has 2 nitrogen and oxygen atoms in total. The monoisotopic (exact) mass is 212 g/mol. The van der Waals surface area contributed by atoms with Gasteiger partial charge in [0.15, 0.2) is 0 Å². The van der Waals surface area contributed by atoms with E-state index < -0.39 is 0 Å². The Labute approximate surface area is 93.7 Å². The number of carbonyl (C=O) groups excluding carboxylic acids is 1. The van der Waals surface area contributed by atoms with Gasteiger partial charge in [-0.15, -0.1) is 0 Å². The average Bonchev–Trinajstić information content (AvgIpc) is 2.17. The number of ether oxygens (including phenoxy) is 1. The molecule has 0 aliphatic rings. The Morgan fingerprint density at radius 3 is 2.53 bits per heavy atom. The van der Waals surface area contributed by atoms with Crippen molar-refractivity contribution in [2.75, 3.05) is 6.61 Å². The standard InChI is InChI=1S/C13H24O2/c1-11(2)6-5-7-13(4)15-9-8-12(3)10-14/h10-11,13H,3,5-9H2,1-2,4H3. The summed E-state index contributed by atoms with van der Waals surface area (Å²) in [7, 11) is 0. The molecule has 0 aliphatic carbocycles. The minimum absolute atomic E-state index is 0.295. The molecule has 1 atom stereocenters. The smallest absolute Gasteiger partial charge is 0.145 e. The molecular formula is C13H24O2. The van der Waals surface area contributed by atoms with E-state index in [0.717, 1.165) is 18.6 Å². The van der Waals surface area contributed by atoms with E-state index in [-0.39, 0.29) is 0 Å². The molecule has 0 amide bonds. The molecule has 0 aromatic heterocycles. The third-order valence-electron chi connectivity index (χ3n) is 2.38. The van der Waals surface area contributed by atoms with Crippen molar-refractivity contribution >= 4 is 6.29 Å². The van der Waals surface area contributed by atoms with Crippen LogP contribution >= 0.6 is 0 Å². The van der Waals surface area contributed by atoms with Crippen molar-refractivity contribution in [3.8, 4) is 0 Å². The van der Waals surface area contributed by atoms with E-state index >= 15 is 0 Å². The predicted octanol–water partition coefficient (Wildman–Crippen LogP) is 3.36. The zero-order valence-electron chi connectivity index (χ0n) is 10.3. The van der Waals surface area contributed by atoms with E-state index in [9.17, 15) is 4.79 Å². The highest BCUT2D eigenvalue weighted by Crippen LogP contribution is 2.10. The summed E-state index contributed by atoms with van der Waals surface area (Å²) in [6, 6.07) is 0. The summed E-state index contributed by atoms with van der Waals surface area (Å²) in [6.07, 6.45) is 5.32. The van der Waals surface area contributed by atoms with Crippen LogP contribution in [0, 0.1) is 5.92 Å². The zero-order chi connectivity index (χ0) is 11.7. The van der Waals surface area contributed by atoms with Crippen LogP contribution in [0.2, 0.25) is 0 Å². The van der Waals surface area contributed by atoms with Crippen molar-refractivity contribution in [1.29, 1.82) is 0 Å². The lowest BCUT2D eigenvalue weighted by Gasteiger charge is -2.13. The molecule has 0 rings (SSSR count). The summed E-state index contributed by atoms with van der Waals surface area (Å²) in [4.78, 5) is 10.3. The Bertz CT molecular complexity index is 185. The molecule has 15 heavy (non-hydrogen) atoms. The van der Waals surface area contributed by atoms with Crippen LogP contribution in [0.4, 0.5) is 0 Å². The molecular weight excluding hydrogens is 188 g/mol. The van der Waals surface area contributed by atoms with Gasteiger partial charge < -0.3 is 4.74 Å². The Balaban J connectivity index is 3.36. The van der Waals surface area contributed by atoms with E-state index in [4.69, 9.17) is 4.74 Å². The van der Waals surface area contributed by atoms with Crippen LogP contribution in [-0.2, 0) is 9.53 Å². The maximum atomic E-state index is 10.3. The van der Waals surface area contributed by atoms with Crippen molar-refractivity contribution in [2.45, 2.75) is 52.6 Å². The third kappa shape index (κ3) is 9.67. The molecule has 0 saturated carbocycles. The second-order valence-corrected chi connectivity index (χ2v) is 4.53. The summed E-state index contributed by atoms with van der Waals surface area (Å²) >= 11 is 0. The fraction of sp³-hybridized carbons (Fsp3) is 0.769. The van der Waals surface area contributed by atoms with Gasteiger partial charge in [0, 0.05) is 0 Å². The van der Waals surface area contributed by atoms with Crippen LogP contribution in [0.25, 0.3) is 0 Å². The first-order chi connectivity index (χ1) is 7.06. The molecule has 0 saturated heterocycles. The Hall–Kier alpha value is -0.630. The maximum Gasteiger partial charge on any atom is 0.145 e. The van der Waals surface area contributed by atoms with Crippen LogP contribution < -0.4 is 0 Å². The van der Waals surface area contributed by atoms with E-state index in [1.807, 2.05) is 0 Å². The van der Waals surface area contributed by atoms with Gasteiger partial charge in [0.1, 0.15) is 6.29 Å². The second kappa shape index (κ2) is 8.66. The van der Waals surface area contributed by atoms with Crippen LogP contribution in [0.3, 0.4) is 0 Å². The number of hydrogen-bond acceptors (Lipinski definition) is 2. The van der Waals surface area contributed by atoms with Crippen LogP contribution in [-0.4, -0.2) is 19.0 Å². The summed E-state index contributed by atoms with van der Waals surface area (Å²) in [5.74, 6) is 0.770. The first-order valence-electron chi connectivity index (χ1n) is 5.80. The van der Waals surface area contributed by atoms with Crippen molar-refractivity contribution in [3.05, 3.63) is 12.2 Å². The van der Waals surface area contributed by atoms with Gasteiger partial charge in [0.25, 0.3) is 0 Å². The van der Waals surface area contributed by atoms with Crippen LogP contribution in [0.1, 0.15) is 46.5 Å². The van der Waals surface area contributed by atoms with Crippen LogP contribution in [0.15, 0.2) is 12.2 Å². The molecule has 0 aliphatic heterocycles. The van der Waals surface area contributed by atoms with Gasteiger partial charge in [0.05, 0.1) is 12.7 Å². The Morgan fingerprint density at radius 2 is 2.00 bits per heavy atom. The highest BCUT2D eigenvalue weighted by atomic mass is 16.5. The molecule has 0 spiro atoms. The largest absolute Gasteiger partial charge is 0.378 e. The van der Waals surface area contributed by atoms with Crippen molar-refractivity contribution in [1.82, 2.24) is 0 Å². The lowest BCUT2D eigenvalue weighted by molar-refractivity contribution is -0.105. The van der Waals surface area contributed by atoms with E-state index in [2.05, 4.69) is 27.4 Å². The van der Waals surface area contributed by atoms with E-state index in [0.29, 0.717) is 24.7 Å². The van der Waals surface area contributed by atoms with Gasteiger partial charge in [-0.1, -0.05) is 33.3 Å². The first-order valence-corrected chi connectivity index (χ1v) is 5.80. The molecule has 0 radical (unpaired) electrons. The topological polar surface area (TPSA) is 26.3 Å². The van der Waals surface area contributed by atoms with Gasteiger partial charge in [-0.25, -0.2) is 0 Å². The fourth-order valence-electron chi connectivity index (χ4n) is 1.35. The Morgan fingerprint density at radius 1 is 1.33 bits per heavy atom.